The van der Waals surface area contributed by atoms with Gasteiger partial charge in [-0.1, -0.05) is 30.7 Å². The molecule has 0 unspecified atom stereocenters. The monoisotopic (exact) mass is 317 g/mol. The first kappa shape index (κ1) is 16.4. The number of carbonyl (C=O) groups is 1. The minimum absolute atomic E-state index is 0.178. The molecule has 2 aromatic carbocycles. The third kappa shape index (κ3) is 4.25. The molecule has 0 fully saturated rings. The summed E-state index contributed by atoms with van der Waals surface area (Å²) in [5, 5.41) is 3.53. The minimum atomic E-state index is -0.592. The van der Waals surface area contributed by atoms with Crippen LogP contribution in [0.15, 0.2) is 42.5 Å². The molecule has 22 heavy (non-hydrogen) atoms. The van der Waals surface area contributed by atoms with Crippen molar-refractivity contribution < 1.29 is 9.53 Å². The van der Waals surface area contributed by atoms with E-state index in [1.165, 1.54) is 5.56 Å². The van der Waals surface area contributed by atoms with E-state index in [0.717, 1.165) is 17.7 Å². The predicted octanol–water partition coefficient (Wildman–Crippen LogP) is 4.62. The lowest BCUT2D eigenvalue weighted by Crippen LogP contribution is -2.30. The van der Waals surface area contributed by atoms with E-state index >= 15 is 0 Å². The molecule has 0 aliphatic carbocycles. The largest absolute Gasteiger partial charge is 0.481 e. The topological polar surface area (TPSA) is 38.3 Å². The zero-order valence-corrected chi connectivity index (χ0v) is 13.8. The Morgan fingerprint density at radius 1 is 1.27 bits per heavy atom. The number of hydrogen-bond acceptors (Lipinski definition) is 2. The van der Waals surface area contributed by atoms with Crippen LogP contribution in [0.1, 0.15) is 25.0 Å². The van der Waals surface area contributed by atoms with Crippen molar-refractivity contribution in [3.05, 3.63) is 58.6 Å². The number of benzene rings is 2. The number of anilines is 1. The second-order valence-corrected chi connectivity index (χ2v) is 5.65. The van der Waals surface area contributed by atoms with Crippen molar-refractivity contribution in [1.29, 1.82) is 0 Å². The summed E-state index contributed by atoms with van der Waals surface area (Å²) in [6.45, 7) is 5.71. The third-order valence-corrected chi connectivity index (χ3v) is 3.65. The van der Waals surface area contributed by atoms with Crippen molar-refractivity contribution in [3.63, 3.8) is 0 Å². The molecular weight excluding hydrogens is 298 g/mol. The Hall–Kier alpha value is -2.00. The van der Waals surface area contributed by atoms with Gasteiger partial charge >= 0.3 is 0 Å². The molecule has 3 nitrogen and oxygen atoms in total. The van der Waals surface area contributed by atoms with E-state index in [1.807, 2.05) is 37.3 Å². The first-order valence-electron chi connectivity index (χ1n) is 7.32. The van der Waals surface area contributed by atoms with E-state index in [9.17, 15) is 4.79 Å². The third-order valence-electron chi connectivity index (χ3n) is 3.41. The normalized spacial score (nSPS) is 11.8. The Bertz CT molecular complexity index is 670. The van der Waals surface area contributed by atoms with Crippen LogP contribution in [0.2, 0.25) is 5.02 Å². The summed E-state index contributed by atoms with van der Waals surface area (Å²) < 4.78 is 5.72. The fraction of sp³-hybridized carbons (Fsp3) is 0.278. The Labute approximate surface area is 136 Å². The van der Waals surface area contributed by atoms with Crippen molar-refractivity contribution in [2.75, 3.05) is 5.32 Å². The Balaban J connectivity index is 2.02. The lowest BCUT2D eigenvalue weighted by Gasteiger charge is -2.16. The summed E-state index contributed by atoms with van der Waals surface area (Å²) in [6.07, 6.45) is 0.338. The highest BCUT2D eigenvalue weighted by molar-refractivity contribution is 6.30. The molecule has 4 heteroatoms. The van der Waals surface area contributed by atoms with E-state index in [1.54, 1.807) is 19.1 Å². The number of amides is 1. The highest BCUT2D eigenvalue weighted by Crippen LogP contribution is 2.23. The molecule has 1 atom stereocenters. The van der Waals surface area contributed by atoms with E-state index < -0.39 is 6.10 Å². The summed E-state index contributed by atoms with van der Waals surface area (Å²) in [4.78, 5) is 12.2. The van der Waals surface area contributed by atoms with Crippen molar-refractivity contribution in [1.82, 2.24) is 0 Å². The molecular formula is C18H20ClNO2. The lowest BCUT2D eigenvalue weighted by atomic mass is 10.1. The van der Waals surface area contributed by atoms with Crippen LogP contribution in [0, 0.1) is 6.92 Å². The second-order valence-electron chi connectivity index (χ2n) is 5.21. The van der Waals surface area contributed by atoms with Gasteiger partial charge in [0.05, 0.1) is 0 Å². The first-order chi connectivity index (χ1) is 10.5. The van der Waals surface area contributed by atoms with Crippen LogP contribution in [0.5, 0.6) is 5.75 Å². The van der Waals surface area contributed by atoms with Gasteiger partial charge in [0.25, 0.3) is 5.91 Å². The van der Waals surface area contributed by atoms with Gasteiger partial charge in [0.15, 0.2) is 6.10 Å². The molecule has 0 aliphatic rings. The molecule has 0 bridgehead atoms. The summed E-state index contributed by atoms with van der Waals surface area (Å²) in [5.74, 6) is 0.483. The number of halogens is 1. The number of aryl methyl sites for hydroxylation is 2. The summed E-state index contributed by atoms with van der Waals surface area (Å²) >= 11 is 5.92. The van der Waals surface area contributed by atoms with Gasteiger partial charge < -0.3 is 10.1 Å². The number of nitrogens with one attached hydrogen (secondary N) is 1. The number of carbonyl (C=O) groups excluding carboxylic acids is 1. The molecule has 1 N–H and O–H groups in total. The molecule has 1 amide bonds. The minimum Gasteiger partial charge on any atom is -0.481 e. The van der Waals surface area contributed by atoms with Crippen molar-refractivity contribution in [2.24, 2.45) is 0 Å². The molecule has 0 spiro atoms. The van der Waals surface area contributed by atoms with Gasteiger partial charge in [-0.2, -0.15) is 0 Å². The van der Waals surface area contributed by atoms with Gasteiger partial charge in [0, 0.05) is 10.7 Å². The number of ether oxygens (including phenoxy) is 1. The van der Waals surface area contributed by atoms with Crippen LogP contribution >= 0.6 is 11.6 Å². The molecule has 0 aromatic heterocycles. The zero-order valence-electron chi connectivity index (χ0n) is 13.0. The second kappa shape index (κ2) is 7.32. The SMILES string of the molecule is CCc1cccc(NC(=O)[C@@H](C)Oc2ccc(Cl)cc2C)c1. The highest BCUT2D eigenvalue weighted by atomic mass is 35.5. The quantitative estimate of drug-likeness (QED) is 0.874. The van der Waals surface area contributed by atoms with E-state index in [-0.39, 0.29) is 5.91 Å². The molecule has 0 aliphatic heterocycles. The van der Waals surface area contributed by atoms with Crippen LogP contribution < -0.4 is 10.1 Å². The maximum atomic E-state index is 12.2. The average molecular weight is 318 g/mol. The molecule has 116 valence electrons. The van der Waals surface area contributed by atoms with Crippen molar-refractivity contribution >= 4 is 23.2 Å². The Kier molecular flexibility index (Phi) is 5.45. The number of rotatable bonds is 5. The van der Waals surface area contributed by atoms with Gasteiger partial charge in [-0.05, 0) is 61.7 Å². The van der Waals surface area contributed by atoms with E-state index in [2.05, 4.69) is 12.2 Å². The molecule has 0 radical (unpaired) electrons. The predicted molar refractivity (Wildman–Crippen MR) is 90.7 cm³/mol. The molecule has 2 aromatic rings. The lowest BCUT2D eigenvalue weighted by molar-refractivity contribution is -0.122. The number of hydrogen-bond donors (Lipinski definition) is 1. The van der Waals surface area contributed by atoms with Crippen LogP contribution in [0.25, 0.3) is 0 Å². The average Bonchev–Trinajstić information content (AvgIpc) is 2.50. The fourth-order valence-electron chi connectivity index (χ4n) is 2.10. The molecule has 2 rings (SSSR count). The van der Waals surface area contributed by atoms with Crippen LogP contribution in [-0.4, -0.2) is 12.0 Å². The smallest absolute Gasteiger partial charge is 0.265 e. The summed E-state index contributed by atoms with van der Waals surface area (Å²) in [5.41, 5.74) is 2.87. The standard InChI is InChI=1S/C18H20ClNO2/c1-4-14-6-5-7-16(11-14)20-18(21)13(3)22-17-9-8-15(19)10-12(17)2/h5-11,13H,4H2,1-3H3,(H,20,21)/t13-/m1/s1. The van der Waals surface area contributed by atoms with Crippen LogP contribution in [-0.2, 0) is 11.2 Å². The van der Waals surface area contributed by atoms with E-state index in [0.29, 0.717) is 10.8 Å². The van der Waals surface area contributed by atoms with Crippen molar-refractivity contribution in [3.8, 4) is 5.75 Å². The van der Waals surface area contributed by atoms with Crippen LogP contribution in [0.3, 0.4) is 0 Å². The van der Waals surface area contributed by atoms with Gasteiger partial charge in [-0.3, -0.25) is 4.79 Å². The Morgan fingerprint density at radius 2 is 2.05 bits per heavy atom. The molecule has 0 saturated carbocycles. The van der Waals surface area contributed by atoms with Gasteiger partial charge in [-0.15, -0.1) is 0 Å². The molecule has 0 heterocycles. The van der Waals surface area contributed by atoms with Gasteiger partial charge in [0.1, 0.15) is 5.75 Å². The van der Waals surface area contributed by atoms with E-state index in [4.69, 9.17) is 16.3 Å². The van der Waals surface area contributed by atoms with Crippen molar-refractivity contribution in [2.45, 2.75) is 33.3 Å². The molecule has 0 saturated heterocycles. The summed E-state index contributed by atoms with van der Waals surface area (Å²) in [7, 11) is 0. The fourth-order valence-corrected chi connectivity index (χ4v) is 2.33. The maximum absolute atomic E-state index is 12.2. The zero-order chi connectivity index (χ0) is 16.1. The summed E-state index contributed by atoms with van der Waals surface area (Å²) in [6, 6.07) is 13.1. The van der Waals surface area contributed by atoms with Gasteiger partial charge in [-0.25, -0.2) is 0 Å². The highest BCUT2D eigenvalue weighted by Gasteiger charge is 2.16. The Morgan fingerprint density at radius 3 is 2.73 bits per heavy atom. The van der Waals surface area contributed by atoms with Gasteiger partial charge in [0.2, 0.25) is 0 Å². The maximum Gasteiger partial charge on any atom is 0.265 e. The van der Waals surface area contributed by atoms with Crippen LogP contribution in [0.4, 0.5) is 5.69 Å². The first-order valence-corrected chi connectivity index (χ1v) is 7.70.